The molecule has 2 aromatic carbocycles. The molecule has 3 saturated heterocycles. The number of esters is 2. The number of aliphatic hydroxyl groups is 3. The summed E-state index contributed by atoms with van der Waals surface area (Å²) in [6, 6.07) is 7.80. The minimum absolute atomic E-state index is 0.0358. The highest BCUT2D eigenvalue weighted by molar-refractivity contribution is 5.93. The molecule has 5 rings (SSSR count). The number of ether oxygens (including phenoxy) is 5. The number of phenols is 3. The molecule has 42 heavy (non-hydrogen) atoms. The maximum Gasteiger partial charge on any atom is 0.340 e. The van der Waals surface area contributed by atoms with Gasteiger partial charge in [-0.3, -0.25) is 4.79 Å². The highest BCUT2D eigenvalue weighted by Gasteiger charge is 2.48. The van der Waals surface area contributed by atoms with Crippen molar-refractivity contribution in [3.8, 4) is 28.4 Å². The number of hydrogen-bond acceptors (Lipinski definition) is 13. The summed E-state index contributed by atoms with van der Waals surface area (Å²) in [4.78, 5) is 25.0. The number of benzene rings is 2. The van der Waals surface area contributed by atoms with E-state index in [0.717, 1.165) is 12.1 Å². The van der Waals surface area contributed by atoms with Gasteiger partial charge in [0.25, 0.3) is 0 Å². The van der Waals surface area contributed by atoms with Crippen molar-refractivity contribution in [2.24, 2.45) is 17.8 Å². The van der Waals surface area contributed by atoms with Crippen LogP contribution < -0.4 is 0 Å². The molecule has 1 unspecified atom stereocenters. The predicted molar refractivity (Wildman–Crippen MR) is 141 cm³/mol. The van der Waals surface area contributed by atoms with Gasteiger partial charge in [-0.25, -0.2) is 4.79 Å². The summed E-state index contributed by atoms with van der Waals surface area (Å²) in [7, 11) is 0. The fourth-order valence-electron chi connectivity index (χ4n) is 5.59. The standard InChI is InChI=1S/C29H32O13/c1-2-16-17-6-7-38-27(37)18(17)11-39-28(16)40-12-21-23(33)24(34)25(35)29(41-21)42-26(36)14-9-19(31)22(20(32)10-14)13-4-3-5-15(30)8-13/h2-5,8-10,16-18,21,23-25,28-35H,1,6-7,11-12H2/t16-,17+,18?,21-,23-,24+,25-,28+,29+/m1/s1. The molecule has 13 heteroatoms. The number of cyclic esters (lactones) is 1. The third-order valence-corrected chi connectivity index (χ3v) is 7.82. The third kappa shape index (κ3) is 5.79. The van der Waals surface area contributed by atoms with Gasteiger partial charge in [-0.15, -0.1) is 6.58 Å². The third-order valence-electron chi connectivity index (χ3n) is 7.82. The Balaban J connectivity index is 1.25. The van der Waals surface area contributed by atoms with E-state index >= 15 is 0 Å². The van der Waals surface area contributed by atoms with E-state index < -0.39 is 60.4 Å². The second-order valence-electron chi connectivity index (χ2n) is 10.4. The van der Waals surface area contributed by atoms with Gasteiger partial charge in [-0.2, -0.15) is 0 Å². The molecule has 13 nitrogen and oxygen atoms in total. The van der Waals surface area contributed by atoms with Crippen LogP contribution in [0.15, 0.2) is 49.1 Å². The summed E-state index contributed by atoms with van der Waals surface area (Å²) < 4.78 is 27.5. The first-order chi connectivity index (χ1) is 20.1. The fraction of sp³-hybridized carbons (Fsp3) is 0.448. The van der Waals surface area contributed by atoms with Crippen LogP contribution in [0, 0.1) is 17.8 Å². The van der Waals surface area contributed by atoms with E-state index in [0.29, 0.717) is 6.42 Å². The topological polar surface area (TPSA) is 202 Å². The van der Waals surface area contributed by atoms with Crippen molar-refractivity contribution in [1.82, 2.24) is 0 Å². The molecular weight excluding hydrogens is 556 g/mol. The van der Waals surface area contributed by atoms with E-state index in [1.165, 1.54) is 24.3 Å². The molecule has 2 aromatic rings. The van der Waals surface area contributed by atoms with Crippen LogP contribution in [0.25, 0.3) is 11.1 Å². The molecule has 0 aliphatic carbocycles. The summed E-state index contributed by atoms with van der Waals surface area (Å²) in [5.41, 5.74) is -0.0510. The summed E-state index contributed by atoms with van der Waals surface area (Å²) >= 11 is 0. The normalized spacial score (nSPS) is 32.8. The molecule has 0 radical (unpaired) electrons. The van der Waals surface area contributed by atoms with Crippen LogP contribution in [-0.4, -0.2) is 99.4 Å². The maximum absolute atomic E-state index is 12.9. The second kappa shape index (κ2) is 12.3. The zero-order valence-electron chi connectivity index (χ0n) is 22.3. The first kappa shape index (κ1) is 29.8. The Bertz CT molecular complexity index is 1310. The minimum atomic E-state index is -1.84. The van der Waals surface area contributed by atoms with E-state index in [9.17, 15) is 40.2 Å². The van der Waals surface area contributed by atoms with Gasteiger partial charge in [-0.05, 0) is 42.2 Å². The van der Waals surface area contributed by atoms with E-state index in [4.69, 9.17) is 23.7 Å². The van der Waals surface area contributed by atoms with Gasteiger partial charge in [0.15, 0.2) is 6.29 Å². The quantitative estimate of drug-likeness (QED) is 0.196. The summed E-state index contributed by atoms with van der Waals surface area (Å²) in [6.07, 6.45) is -6.87. The maximum atomic E-state index is 12.9. The lowest BCUT2D eigenvalue weighted by molar-refractivity contribution is -0.301. The molecule has 3 aliphatic heterocycles. The van der Waals surface area contributed by atoms with Gasteiger partial charge in [0.05, 0.1) is 36.9 Å². The molecule has 0 saturated carbocycles. The number of aliphatic hydroxyl groups excluding tert-OH is 3. The molecule has 0 bridgehead atoms. The largest absolute Gasteiger partial charge is 0.508 e. The van der Waals surface area contributed by atoms with Crippen molar-refractivity contribution < 1.29 is 63.9 Å². The van der Waals surface area contributed by atoms with Crippen molar-refractivity contribution in [2.45, 2.75) is 43.4 Å². The van der Waals surface area contributed by atoms with E-state index in [1.54, 1.807) is 6.08 Å². The monoisotopic (exact) mass is 588 g/mol. The van der Waals surface area contributed by atoms with E-state index in [-0.39, 0.29) is 60.1 Å². The lowest BCUT2D eigenvalue weighted by Gasteiger charge is -2.44. The highest BCUT2D eigenvalue weighted by atomic mass is 16.7. The van der Waals surface area contributed by atoms with E-state index in [2.05, 4.69) is 6.58 Å². The molecule has 3 heterocycles. The van der Waals surface area contributed by atoms with Crippen LogP contribution in [0.2, 0.25) is 0 Å². The number of carbonyl (C=O) groups is 2. The average molecular weight is 589 g/mol. The fourth-order valence-corrected chi connectivity index (χ4v) is 5.59. The summed E-state index contributed by atoms with van der Waals surface area (Å²) in [5.74, 6) is -3.48. The highest BCUT2D eigenvalue weighted by Crippen LogP contribution is 2.40. The van der Waals surface area contributed by atoms with Crippen LogP contribution in [0.1, 0.15) is 16.8 Å². The van der Waals surface area contributed by atoms with Crippen molar-refractivity contribution in [2.75, 3.05) is 19.8 Å². The van der Waals surface area contributed by atoms with Crippen LogP contribution in [0.3, 0.4) is 0 Å². The van der Waals surface area contributed by atoms with Crippen molar-refractivity contribution in [3.63, 3.8) is 0 Å². The molecule has 3 aliphatic rings. The number of carbonyl (C=O) groups excluding carboxylic acids is 2. The SMILES string of the molecule is C=C[C@H]1[C@H](OC[C@H]2O[C@@H](OC(=O)c3cc(O)c(-c4cccc(O)c4)c(O)c3)[C@H](O)[C@@H](O)[C@@H]2O)OCC2C(=O)OCC[C@H]21. The smallest absolute Gasteiger partial charge is 0.340 e. The molecule has 3 fully saturated rings. The second-order valence-corrected chi connectivity index (χ2v) is 10.4. The molecule has 226 valence electrons. The number of hydrogen-bond donors (Lipinski definition) is 6. The zero-order valence-corrected chi connectivity index (χ0v) is 22.3. The minimum Gasteiger partial charge on any atom is -0.508 e. The summed E-state index contributed by atoms with van der Waals surface area (Å²) in [5, 5.41) is 62.1. The zero-order chi connectivity index (χ0) is 30.1. The predicted octanol–water partition coefficient (Wildman–Crippen LogP) is 0.789. The Hall–Kier alpha value is -3.72. The van der Waals surface area contributed by atoms with Gasteiger partial charge in [0, 0.05) is 5.92 Å². The van der Waals surface area contributed by atoms with Gasteiger partial charge in [0.2, 0.25) is 6.29 Å². The molecule has 0 aromatic heterocycles. The van der Waals surface area contributed by atoms with Crippen molar-refractivity contribution >= 4 is 11.9 Å². The number of aromatic hydroxyl groups is 3. The van der Waals surface area contributed by atoms with Crippen LogP contribution in [0.4, 0.5) is 0 Å². The molecule has 6 N–H and O–H groups in total. The Labute approximate surface area is 240 Å². The average Bonchev–Trinajstić information content (AvgIpc) is 2.96. The number of phenolic OH excluding ortho intramolecular Hbond substituents is 3. The van der Waals surface area contributed by atoms with Crippen LogP contribution in [-0.2, 0) is 28.5 Å². The lowest BCUT2D eigenvalue weighted by Crippen LogP contribution is -2.60. The molecule has 0 spiro atoms. The van der Waals surface area contributed by atoms with Crippen LogP contribution in [0.5, 0.6) is 17.2 Å². The number of fused-ring (bicyclic) bond motifs is 1. The Morgan fingerprint density at radius 2 is 1.76 bits per heavy atom. The lowest BCUT2D eigenvalue weighted by atomic mass is 9.76. The summed E-state index contributed by atoms with van der Waals surface area (Å²) in [6.45, 7) is 3.83. The molecule has 0 amide bonds. The molecule has 9 atom stereocenters. The van der Waals surface area contributed by atoms with Gasteiger partial charge >= 0.3 is 11.9 Å². The van der Waals surface area contributed by atoms with Crippen molar-refractivity contribution in [3.05, 3.63) is 54.6 Å². The Morgan fingerprint density at radius 1 is 1.02 bits per heavy atom. The van der Waals surface area contributed by atoms with Gasteiger partial charge in [-0.1, -0.05) is 18.2 Å². The molecular formula is C29H32O13. The van der Waals surface area contributed by atoms with Crippen LogP contribution >= 0.6 is 0 Å². The van der Waals surface area contributed by atoms with Crippen molar-refractivity contribution in [1.29, 1.82) is 0 Å². The van der Waals surface area contributed by atoms with Gasteiger partial charge in [0.1, 0.15) is 41.7 Å². The van der Waals surface area contributed by atoms with E-state index in [1.807, 2.05) is 0 Å². The number of rotatable bonds is 7. The first-order valence-electron chi connectivity index (χ1n) is 13.4. The first-order valence-corrected chi connectivity index (χ1v) is 13.4. The Kier molecular flexibility index (Phi) is 8.68. The van der Waals surface area contributed by atoms with Gasteiger partial charge < -0.3 is 54.3 Å². The Morgan fingerprint density at radius 3 is 2.45 bits per heavy atom.